The van der Waals surface area contributed by atoms with Crippen molar-refractivity contribution in [2.75, 3.05) is 25.1 Å². The number of esters is 1. The van der Waals surface area contributed by atoms with E-state index in [1.807, 2.05) is 0 Å². The molecule has 2 aromatic carbocycles. The molecule has 0 saturated heterocycles. The number of halogens is 6. The first-order valence-corrected chi connectivity index (χ1v) is 9.85. The maximum Gasteiger partial charge on any atom is 0.446 e. The predicted octanol–water partition coefficient (Wildman–Crippen LogP) is 4.98. The van der Waals surface area contributed by atoms with E-state index in [1.165, 1.54) is 0 Å². The highest BCUT2D eigenvalue weighted by atomic mass is 32.2. The van der Waals surface area contributed by atoms with Gasteiger partial charge in [-0.3, -0.25) is 19.4 Å². The summed E-state index contributed by atoms with van der Waals surface area (Å²) in [5.41, 5.74) is -6.27. The van der Waals surface area contributed by atoms with Crippen LogP contribution in [-0.4, -0.2) is 48.5 Å². The highest BCUT2D eigenvalue weighted by Crippen LogP contribution is 2.38. The summed E-state index contributed by atoms with van der Waals surface area (Å²) < 4.78 is 84.9. The fourth-order valence-electron chi connectivity index (χ4n) is 2.64. The number of hydrogen-bond acceptors (Lipinski definition) is 5. The average molecular weight is 494 g/mol. The Labute approximate surface area is 188 Å². The van der Waals surface area contributed by atoms with Crippen molar-refractivity contribution in [3.8, 4) is 0 Å². The van der Waals surface area contributed by atoms with Crippen molar-refractivity contribution >= 4 is 35.4 Å². The largest absolute Gasteiger partial charge is 0.464 e. The Morgan fingerprint density at radius 3 is 2.12 bits per heavy atom. The lowest BCUT2D eigenvalue weighted by Gasteiger charge is -2.28. The molecule has 3 amide bonds. The van der Waals surface area contributed by atoms with Gasteiger partial charge in [0.05, 0.1) is 12.2 Å². The Hall–Kier alpha value is -3.22. The molecular weight excluding hydrogens is 478 g/mol. The Kier molecular flexibility index (Phi) is 8.36. The van der Waals surface area contributed by atoms with Gasteiger partial charge in [0.1, 0.15) is 29.6 Å². The molecule has 0 unspecified atom stereocenters. The van der Waals surface area contributed by atoms with Gasteiger partial charge in [-0.1, -0.05) is 6.07 Å². The first kappa shape index (κ1) is 26.0. The number of nitrogens with zero attached hydrogens (tertiary/aromatic N) is 2. The number of ether oxygens (including phenoxy) is 1. The molecule has 0 aromatic heterocycles. The van der Waals surface area contributed by atoms with E-state index in [2.05, 4.69) is 0 Å². The van der Waals surface area contributed by atoms with Crippen molar-refractivity contribution in [1.82, 2.24) is 4.90 Å². The molecule has 6 nitrogen and oxygen atoms in total. The van der Waals surface area contributed by atoms with Gasteiger partial charge in [0.15, 0.2) is 0 Å². The number of anilines is 1. The van der Waals surface area contributed by atoms with Crippen LogP contribution in [0.2, 0.25) is 0 Å². The first-order chi connectivity index (χ1) is 15.3. The summed E-state index contributed by atoms with van der Waals surface area (Å²) in [7, 11) is 0.876. The average Bonchev–Trinajstić information content (AvgIpc) is 2.69. The molecule has 0 fully saturated rings. The van der Waals surface area contributed by atoms with Gasteiger partial charge in [-0.2, -0.15) is 13.2 Å². The number of rotatable bonds is 6. The van der Waals surface area contributed by atoms with Crippen LogP contribution in [0.15, 0.2) is 41.3 Å². The molecular formula is C20H16F6N2O4S. The SMILES string of the molecule is CC(=O)OCCN(C(=O)N(C)C(=O)c1c(F)cccc1F)c1ccc(SC(F)(F)F)cc1F. The fraction of sp³-hybridized carbons (Fsp3) is 0.250. The molecule has 0 N–H and O–H groups in total. The second-order valence-electron chi connectivity index (χ2n) is 6.40. The van der Waals surface area contributed by atoms with E-state index in [-0.39, 0.29) is 0 Å². The molecule has 178 valence electrons. The number of thioether (sulfide) groups is 1. The Balaban J connectivity index is 2.39. The molecule has 13 heteroatoms. The van der Waals surface area contributed by atoms with Crippen LogP contribution in [0.25, 0.3) is 0 Å². The van der Waals surface area contributed by atoms with Crippen LogP contribution in [-0.2, 0) is 9.53 Å². The molecule has 0 heterocycles. The van der Waals surface area contributed by atoms with Crippen LogP contribution in [0, 0.1) is 17.5 Å². The van der Waals surface area contributed by atoms with Crippen molar-refractivity contribution in [2.45, 2.75) is 17.3 Å². The molecule has 2 aromatic rings. The third kappa shape index (κ3) is 6.88. The predicted molar refractivity (Wildman–Crippen MR) is 106 cm³/mol. The van der Waals surface area contributed by atoms with E-state index in [0.29, 0.717) is 15.9 Å². The maximum absolute atomic E-state index is 14.6. The van der Waals surface area contributed by atoms with Crippen molar-refractivity contribution in [2.24, 2.45) is 0 Å². The number of hydrogen-bond donors (Lipinski definition) is 0. The van der Waals surface area contributed by atoms with Crippen LogP contribution in [0.3, 0.4) is 0 Å². The van der Waals surface area contributed by atoms with Gasteiger partial charge in [0.2, 0.25) is 0 Å². The van der Waals surface area contributed by atoms with Gasteiger partial charge in [0, 0.05) is 18.9 Å². The van der Waals surface area contributed by atoms with E-state index in [0.717, 1.165) is 44.3 Å². The van der Waals surface area contributed by atoms with E-state index >= 15 is 0 Å². The fourth-order valence-corrected chi connectivity index (χ4v) is 3.21. The molecule has 0 saturated carbocycles. The molecule has 33 heavy (non-hydrogen) atoms. The minimum absolute atomic E-state index is 0.299. The summed E-state index contributed by atoms with van der Waals surface area (Å²) in [5, 5.41) is 0. The number of carbonyl (C=O) groups is 3. The number of amides is 3. The maximum atomic E-state index is 14.6. The van der Waals surface area contributed by atoms with E-state index in [9.17, 15) is 40.7 Å². The molecule has 0 bridgehead atoms. The van der Waals surface area contributed by atoms with Gasteiger partial charge in [-0.15, -0.1) is 0 Å². The summed E-state index contributed by atoms with van der Waals surface area (Å²) in [6.45, 7) is 0.0840. The zero-order valence-electron chi connectivity index (χ0n) is 17.1. The van der Waals surface area contributed by atoms with Gasteiger partial charge < -0.3 is 4.74 Å². The molecule has 0 radical (unpaired) electrons. The van der Waals surface area contributed by atoms with Crippen LogP contribution in [0.5, 0.6) is 0 Å². The van der Waals surface area contributed by atoms with Crippen molar-refractivity contribution in [3.63, 3.8) is 0 Å². The van der Waals surface area contributed by atoms with Crippen LogP contribution in [0.1, 0.15) is 17.3 Å². The smallest absolute Gasteiger partial charge is 0.446 e. The van der Waals surface area contributed by atoms with Crippen LogP contribution >= 0.6 is 11.8 Å². The Morgan fingerprint density at radius 2 is 1.61 bits per heavy atom. The monoisotopic (exact) mass is 494 g/mol. The van der Waals surface area contributed by atoms with Crippen LogP contribution < -0.4 is 4.90 Å². The molecule has 0 aliphatic carbocycles. The lowest BCUT2D eigenvalue weighted by molar-refractivity contribution is -0.140. The molecule has 0 aliphatic rings. The Bertz CT molecular complexity index is 1040. The van der Waals surface area contributed by atoms with Crippen LogP contribution in [0.4, 0.5) is 36.8 Å². The lowest BCUT2D eigenvalue weighted by Crippen LogP contribution is -2.46. The summed E-state index contributed by atoms with van der Waals surface area (Å²) >= 11 is -0.583. The second kappa shape index (κ2) is 10.6. The summed E-state index contributed by atoms with van der Waals surface area (Å²) in [6, 6.07) is 3.60. The number of alkyl halides is 3. The first-order valence-electron chi connectivity index (χ1n) is 9.04. The zero-order valence-corrected chi connectivity index (χ0v) is 17.9. The highest BCUT2D eigenvalue weighted by Gasteiger charge is 2.32. The normalized spacial score (nSPS) is 11.2. The third-order valence-corrected chi connectivity index (χ3v) is 4.78. The topological polar surface area (TPSA) is 66.9 Å². The highest BCUT2D eigenvalue weighted by molar-refractivity contribution is 8.00. The van der Waals surface area contributed by atoms with Crippen molar-refractivity contribution < 1.29 is 45.5 Å². The summed E-state index contributed by atoms with van der Waals surface area (Å²) in [6.07, 6.45) is 0. The summed E-state index contributed by atoms with van der Waals surface area (Å²) in [5.74, 6) is -5.87. The van der Waals surface area contributed by atoms with Gasteiger partial charge in [-0.05, 0) is 42.1 Å². The molecule has 0 aliphatic heterocycles. The van der Waals surface area contributed by atoms with Crippen molar-refractivity contribution in [3.05, 3.63) is 59.4 Å². The molecule has 0 spiro atoms. The van der Waals surface area contributed by atoms with E-state index in [4.69, 9.17) is 4.74 Å². The number of urea groups is 1. The van der Waals surface area contributed by atoms with Gasteiger partial charge in [0.25, 0.3) is 5.91 Å². The van der Waals surface area contributed by atoms with Crippen molar-refractivity contribution in [1.29, 1.82) is 0 Å². The van der Waals surface area contributed by atoms with Gasteiger partial charge in [-0.25, -0.2) is 18.0 Å². The lowest BCUT2D eigenvalue weighted by atomic mass is 10.1. The number of carbonyl (C=O) groups excluding carboxylic acids is 3. The van der Waals surface area contributed by atoms with Gasteiger partial charge >= 0.3 is 17.5 Å². The van der Waals surface area contributed by atoms with E-state index in [1.54, 1.807) is 0 Å². The zero-order chi connectivity index (χ0) is 24.9. The number of benzene rings is 2. The molecule has 2 rings (SSSR count). The number of imide groups is 1. The third-order valence-electron chi connectivity index (χ3n) is 4.06. The summed E-state index contributed by atoms with van der Waals surface area (Å²) in [4.78, 5) is 36.9. The quantitative estimate of drug-likeness (QED) is 0.322. The minimum Gasteiger partial charge on any atom is -0.464 e. The second-order valence-corrected chi connectivity index (χ2v) is 7.53. The van der Waals surface area contributed by atoms with E-state index < -0.39 is 81.9 Å². The standard InChI is InChI=1S/C20H16F6N2O4S/c1-11(29)32-9-8-28(16-7-6-12(10-15(16)23)33-20(24,25)26)19(31)27(2)18(30)17-13(21)4-3-5-14(17)22/h3-7,10H,8-9H2,1-2H3. The molecule has 0 atom stereocenters. The Morgan fingerprint density at radius 1 is 1.00 bits per heavy atom. The minimum atomic E-state index is -4.69.